The van der Waals surface area contributed by atoms with Crippen molar-refractivity contribution in [1.29, 1.82) is 0 Å². The fraction of sp³-hybridized carbons (Fsp3) is 0.462. The highest BCUT2D eigenvalue weighted by Gasteiger charge is 2.29. The summed E-state index contributed by atoms with van der Waals surface area (Å²) in [5.41, 5.74) is 6.48. The van der Waals surface area contributed by atoms with Gasteiger partial charge in [0, 0.05) is 6.04 Å². The molecule has 0 saturated carbocycles. The highest BCUT2D eigenvalue weighted by Crippen LogP contribution is 2.29. The SMILES string of the molecule is CC[C@H](CC(C)N)S(=O)(=O)c1nc2ccccc2s1. The molecular weight excluding hydrogens is 280 g/mol. The van der Waals surface area contributed by atoms with E-state index in [1.165, 1.54) is 11.3 Å². The summed E-state index contributed by atoms with van der Waals surface area (Å²) >= 11 is 1.24. The van der Waals surface area contributed by atoms with Gasteiger partial charge >= 0.3 is 0 Å². The maximum atomic E-state index is 12.6. The first-order chi connectivity index (χ1) is 8.95. The van der Waals surface area contributed by atoms with E-state index in [1.807, 2.05) is 38.1 Å². The molecule has 1 heterocycles. The molecule has 2 N–H and O–H groups in total. The van der Waals surface area contributed by atoms with Crippen molar-refractivity contribution in [3.8, 4) is 0 Å². The Hall–Kier alpha value is -0.980. The molecule has 19 heavy (non-hydrogen) atoms. The van der Waals surface area contributed by atoms with Crippen molar-refractivity contribution in [2.45, 2.75) is 42.3 Å². The zero-order valence-electron chi connectivity index (χ0n) is 11.0. The number of nitrogens with zero attached hydrogens (tertiary/aromatic N) is 1. The van der Waals surface area contributed by atoms with Gasteiger partial charge in [0.1, 0.15) is 0 Å². The van der Waals surface area contributed by atoms with Crippen molar-refractivity contribution in [3.63, 3.8) is 0 Å². The normalized spacial score (nSPS) is 15.5. The van der Waals surface area contributed by atoms with E-state index in [-0.39, 0.29) is 10.4 Å². The van der Waals surface area contributed by atoms with E-state index in [1.54, 1.807) is 0 Å². The fourth-order valence-corrected chi connectivity index (χ4v) is 5.39. The lowest BCUT2D eigenvalue weighted by molar-refractivity contribution is 0.546. The topological polar surface area (TPSA) is 73.1 Å². The quantitative estimate of drug-likeness (QED) is 0.920. The van der Waals surface area contributed by atoms with E-state index >= 15 is 0 Å². The lowest BCUT2D eigenvalue weighted by Gasteiger charge is -2.15. The van der Waals surface area contributed by atoms with E-state index < -0.39 is 15.1 Å². The third-order valence-corrected chi connectivity index (χ3v) is 6.81. The van der Waals surface area contributed by atoms with Gasteiger partial charge in [0.05, 0.1) is 15.5 Å². The van der Waals surface area contributed by atoms with Crippen LogP contribution in [0.15, 0.2) is 28.6 Å². The van der Waals surface area contributed by atoms with E-state index in [4.69, 9.17) is 5.73 Å². The van der Waals surface area contributed by atoms with Crippen molar-refractivity contribution in [1.82, 2.24) is 4.98 Å². The second kappa shape index (κ2) is 5.56. The number of rotatable bonds is 5. The predicted octanol–water partition coefficient (Wildman–Crippen LogP) is 2.59. The first-order valence-corrected chi connectivity index (χ1v) is 8.66. The zero-order chi connectivity index (χ0) is 14.0. The van der Waals surface area contributed by atoms with Crippen LogP contribution in [0.5, 0.6) is 0 Å². The molecule has 1 aromatic heterocycles. The molecule has 104 valence electrons. The summed E-state index contributed by atoms with van der Waals surface area (Å²) in [6.45, 7) is 3.70. The molecule has 0 spiro atoms. The summed E-state index contributed by atoms with van der Waals surface area (Å²) in [6, 6.07) is 7.33. The fourth-order valence-electron chi connectivity index (χ4n) is 2.04. The standard InChI is InChI=1S/C13H18N2O2S2/c1-3-10(8-9(2)14)19(16,17)13-15-11-6-4-5-7-12(11)18-13/h4-7,9-10H,3,8,14H2,1-2H3/t9?,10-/m1/s1. The summed E-state index contributed by atoms with van der Waals surface area (Å²) in [5.74, 6) is 0. The van der Waals surface area contributed by atoms with Crippen molar-refractivity contribution < 1.29 is 8.42 Å². The number of para-hydroxylation sites is 1. The number of thiazole rings is 1. The van der Waals surface area contributed by atoms with Gasteiger partial charge < -0.3 is 5.73 Å². The molecule has 4 nitrogen and oxygen atoms in total. The summed E-state index contributed by atoms with van der Waals surface area (Å²) in [6.07, 6.45) is 1.02. The number of hydrogen-bond donors (Lipinski definition) is 1. The van der Waals surface area contributed by atoms with Crippen LogP contribution in [0.3, 0.4) is 0 Å². The number of sulfone groups is 1. The summed E-state index contributed by atoms with van der Waals surface area (Å²) in [4.78, 5) is 4.25. The first-order valence-electron chi connectivity index (χ1n) is 6.30. The molecule has 0 aliphatic carbocycles. The number of hydrogen-bond acceptors (Lipinski definition) is 5. The van der Waals surface area contributed by atoms with Crippen LogP contribution in [0.4, 0.5) is 0 Å². The van der Waals surface area contributed by atoms with Crippen molar-refractivity contribution >= 4 is 31.4 Å². The minimum atomic E-state index is -3.38. The second-order valence-electron chi connectivity index (χ2n) is 4.74. The lowest BCUT2D eigenvalue weighted by atomic mass is 10.1. The van der Waals surface area contributed by atoms with Crippen LogP contribution in [-0.2, 0) is 9.84 Å². The Morgan fingerprint density at radius 2 is 2.05 bits per heavy atom. The second-order valence-corrected chi connectivity index (χ2v) is 8.17. The zero-order valence-corrected chi connectivity index (χ0v) is 12.7. The van der Waals surface area contributed by atoms with E-state index in [9.17, 15) is 8.42 Å². The molecule has 0 bridgehead atoms. The molecule has 0 fully saturated rings. The van der Waals surface area contributed by atoms with Crippen LogP contribution in [0.1, 0.15) is 26.7 Å². The maximum Gasteiger partial charge on any atom is 0.210 e. The Labute approximate surface area is 117 Å². The Morgan fingerprint density at radius 3 is 2.63 bits per heavy atom. The highest BCUT2D eigenvalue weighted by atomic mass is 32.2. The average molecular weight is 298 g/mol. The van der Waals surface area contributed by atoms with E-state index in [0.717, 1.165) is 10.2 Å². The molecule has 0 saturated heterocycles. The van der Waals surface area contributed by atoms with Gasteiger partial charge in [-0.1, -0.05) is 19.1 Å². The Morgan fingerprint density at radius 1 is 1.37 bits per heavy atom. The molecule has 2 rings (SSSR count). The van der Waals surface area contributed by atoms with Crippen LogP contribution in [-0.4, -0.2) is 24.7 Å². The lowest BCUT2D eigenvalue weighted by Crippen LogP contribution is -2.29. The third kappa shape index (κ3) is 2.96. The van der Waals surface area contributed by atoms with Crippen LogP contribution in [0.25, 0.3) is 10.2 Å². The van der Waals surface area contributed by atoms with Gasteiger partial charge in [0.25, 0.3) is 0 Å². The maximum absolute atomic E-state index is 12.6. The molecule has 0 aliphatic heterocycles. The number of benzene rings is 1. The monoisotopic (exact) mass is 298 g/mol. The third-order valence-electron chi connectivity index (χ3n) is 3.05. The van der Waals surface area contributed by atoms with Gasteiger partial charge in [-0.2, -0.15) is 0 Å². The predicted molar refractivity (Wildman–Crippen MR) is 79.2 cm³/mol. The molecule has 2 aromatic rings. The van der Waals surface area contributed by atoms with E-state index in [2.05, 4.69) is 4.98 Å². The summed E-state index contributed by atoms with van der Waals surface area (Å²) < 4.78 is 26.2. The van der Waals surface area contributed by atoms with E-state index in [0.29, 0.717) is 12.8 Å². The Bertz CT molecular complexity index is 629. The molecule has 1 unspecified atom stereocenters. The van der Waals surface area contributed by atoms with Crippen molar-refractivity contribution in [2.75, 3.05) is 0 Å². The average Bonchev–Trinajstić information content (AvgIpc) is 2.80. The molecule has 2 atom stereocenters. The Kier molecular flexibility index (Phi) is 4.23. The number of fused-ring (bicyclic) bond motifs is 1. The molecule has 6 heteroatoms. The number of nitrogens with two attached hydrogens (primary N) is 1. The molecule has 0 amide bonds. The highest BCUT2D eigenvalue weighted by molar-refractivity contribution is 7.94. The molecular formula is C13H18N2O2S2. The molecule has 1 aromatic carbocycles. The Balaban J connectivity index is 2.42. The summed E-state index contributed by atoms with van der Waals surface area (Å²) in [7, 11) is -3.38. The number of aromatic nitrogens is 1. The minimum Gasteiger partial charge on any atom is -0.328 e. The van der Waals surface area contributed by atoms with Gasteiger partial charge in [-0.15, -0.1) is 11.3 Å². The van der Waals surface area contributed by atoms with Crippen LogP contribution >= 0.6 is 11.3 Å². The summed E-state index contributed by atoms with van der Waals surface area (Å²) in [5, 5.41) is -0.451. The smallest absolute Gasteiger partial charge is 0.210 e. The largest absolute Gasteiger partial charge is 0.328 e. The molecule has 0 radical (unpaired) electrons. The van der Waals surface area contributed by atoms with Crippen LogP contribution in [0, 0.1) is 0 Å². The first kappa shape index (κ1) is 14.4. The van der Waals surface area contributed by atoms with Crippen LogP contribution in [0.2, 0.25) is 0 Å². The van der Waals surface area contributed by atoms with Gasteiger partial charge in [0.2, 0.25) is 14.2 Å². The van der Waals surface area contributed by atoms with Gasteiger partial charge in [-0.25, -0.2) is 13.4 Å². The minimum absolute atomic E-state index is 0.130. The van der Waals surface area contributed by atoms with Gasteiger partial charge in [-0.05, 0) is 31.9 Å². The van der Waals surface area contributed by atoms with Gasteiger partial charge in [0.15, 0.2) is 0 Å². The van der Waals surface area contributed by atoms with Gasteiger partial charge in [-0.3, -0.25) is 0 Å². The van der Waals surface area contributed by atoms with Crippen molar-refractivity contribution in [3.05, 3.63) is 24.3 Å². The van der Waals surface area contributed by atoms with Crippen LogP contribution < -0.4 is 5.73 Å². The molecule has 0 aliphatic rings. The van der Waals surface area contributed by atoms with Crippen molar-refractivity contribution in [2.24, 2.45) is 5.73 Å².